The maximum atomic E-state index is 9.74. The molecule has 1 atom stereocenters. The van der Waals surface area contributed by atoms with Gasteiger partial charge in [0.05, 0.1) is 17.5 Å². The highest BCUT2D eigenvalue weighted by Gasteiger charge is 2.26. The van der Waals surface area contributed by atoms with Gasteiger partial charge in [0.1, 0.15) is 0 Å². The van der Waals surface area contributed by atoms with E-state index in [1.165, 1.54) is 16.7 Å². The number of hydrogen-bond donors (Lipinski definition) is 3. The molecule has 0 aromatic heterocycles. The Labute approximate surface area is 357 Å². The molecule has 8 aromatic rings. The summed E-state index contributed by atoms with van der Waals surface area (Å²) < 4.78 is 0. The summed E-state index contributed by atoms with van der Waals surface area (Å²) in [4.78, 5) is 0. The topological polar surface area (TPSA) is 47.9 Å². The van der Waals surface area contributed by atoms with Gasteiger partial charge in [0.2, 0.25) is 0 Å². The highest BCUT2D eigenvalue weighted by Crippen LogP contribution is 2.42. The predicted molar refractivity (Wildman–Crippen MR) is 256 cm³/mol. The molecule has 3 heteroatoms. The summed E-state index contributed by atoms with van der Waals surface area (Å²) >= 11 is 0. The Morgan fingerprint density at radius 2 is 0.967 bits per heavy atom. The highest BCUT2D eigenvalue weighted by atomic mass is 14.9. The van der Waals surface area contributed by atoms with E-state index in [9.17, 15) is 5.41 Å². The number of hydrogen-bond acceptors (Lipinski definition) is 3. The van der Waals surface area contributed by atoms with Crippen molar-refractivity contribution < 1.29 is 0 Å². The van der Waals surface area contributed by atoms with E-state index in [0.29, 0.717) is 5.71 Å². The van der Waals surface area contributed by atoms with Crippen LogP contribution in [0.1, 0.15) is 50.5 Å². The normalized spacial score (nSPS) is 15.2. The third-order valence-electron chi connectivity index (χ3n) is 11.5. The maximum Gasteiger partial charge on any atom is 0.0711 e. The van der Waals surface area contributed by atoms with Crippen LogP contribution in [0.3, 0.4) is 0 Å². The molecule has 3 N–H and O–H groups in total. The molecule has 2 aliphatic heterocycles. The van der Waals surface area contributed by atoms with Crippen molar-refractivity contribution in [2.75, 3.05) is 0 Å². The summed E-state index contributed by atoms with van der Waals surface area (Å²) in [7, 11) is 0. The van der Waals surface area contributed by atoms with Crippen LogP contribution < -0.4 is 10.6 Å². The van der Waals surface area contributed by atoms with E-state index in [2.05, 4.69) is 193 Å². The van der Waals surface area contributed by atoms with Crippen LogP contribution in [0.25, 0.3) is 56.6 Å². The lowest BCUT2D eigenvalue weighted by Crippen LogP contribution is -2.21. The zero-order valence-corrected chi connectivity index (χ0v) is 33.6. The molecule has 0 radical (unpaired) electrons. The molecule has 0 amide bonds. The fraction of sp³-hybridized carbons (Fsp3) is 0.0172. The Balaban J connectivity index is 1.06. The fourth-order valence-electron chi connectivity index (χ4n) is 8.49. The van der Waals surface area contributed by atoms with Crippen molar-refractivity contribution in [1.82, 2.24) is 10.6 Å². The number of nitrogens with one attached hydrogen (secondary N) is 3. The SMILES string of the molecule is N=C(/C(=C1\NC(c2ccccc2)=Cc2cccc(-c3ccc(-c4cccc(C5=CC(c6ccccc6)NC(c6ccccc6)=C5)c4)cc3)c21)c1ccccc1)c1ccccc1. The van der Waals surface area contributed by atoms with Crippen LogP contribution in [0.15, 0.2) is 231 Å². The molecule has 61 heavy (non-hydrogen) atoms. The summed E-state index contributed by atoms with van der Waals surface area (Å²) in [6, 6.07) is 76.4. The van der Waals surface area contributed by atoms with Crippen LogP contribution in [0.4, 0.5) is 0 Å². The first-order valence-electron chi connectivity index (χ1n) is 20.8. The van der Waals surface area contributed by atoms with Gasteiger partial charge in [0.15, 0.2) is 0 Å². The quantitative estimate of drug-likeness (QED) is 0.128. The van der Waals surface area contributed by atoms with Crippen LogP contribution in [0.2, 0.25) is 0 Å². The summed E-state index contributed by atoms with van der Waals surface area (Å²) in [5.41, 5.74) is 18.7. The van der Waals surface area contributed by atoms with Crippen LogP contribution >= 0.6 is 0 Å². The molecule has 2 aliphatic rings. The molecule has 8 aromatic carbocycles. The van der Waals surface area contributed by atoms with Crippen molar-refractivity contribution in [3.63, 3.8) is 0 Å². The van der Waals surface area contributed by atoms with E-state index in [-0.39, 0.29) is 6.04 Å². The molecule has 290 valence electrons. The standard InChI is InChI=1S/C58H43N3/c59-57(46-26-14-5-15-27-46)56(45-24-12-4-13-25-45)58-55-49(37-54(61-58)44-22-10-3-11-23-44)30-17-31-51(55)41-34-32-40(33-35-41)47-28-16-29-48(36-47)50-38-52(42-18-6-1-7-19-42)60-53(39-50)43-20-8-2-9-21-43/h1-39,52,59-61H/b58-56-,59-57?. The second-order valence-corrected chi connectivity index (χ2v) is 15.4. The predicted octanol–water partition coefficient (Wildman–Crippen LogP) is 13.8. The van der Waals surface area contributed by atoms with E-state index < -0.39 is 0 Å². The summed E-state index contributed by atoms with van der Waals surface area (Å²) in [5.74, 6) is 0. The second-order valence-electron chi connectivity index (χ2n) is 15.4. The van der Waals surface area contributed by atoms with E-state index in [4.69, 9.17) is 0 Å². The zero-order valence-electron chi connectivity index (χ0n) is 33.6. The van der Waals surface area contributed by atoms with E-state index in [1.807, 2.05) is 54.6 Å². The van der Waals surface area contributed by atoms with Crippen LogP contribution in [0, 0.1) is 5.41 Å². The molecule has 0 saturated carbocycles. The molecule has 0 aliphatic carbocycles. The molecular weight excluding hydrogens is 739 g/mol. The minimum Gasteiger partial charge on any atom is -0.374 e. The highest BCUT2D eigenvalue weighted by molar-refractivity contribution is 6.36. The van der Waals surface area contributed by atoms with Crippen molar-refractivity contribution in [3.8, 4) is 22.3 Å². The maximum absolute atomic E-state index is 9.74. The molecule has 0 fully saturated rings. The van der Waals surface area contributed by atoms with Gasteiger partial charge in [-0.05, 0) is 85.5 Å². The van der Waals surface area contributed by atoms with E-state index in [0.717, 1.165) is 78.3 Å². The molecule has 0 spiro atoms. The van der Waals surface area contributed by atoms with Gasteiger partial charge in [0.25, 0.3) is 0 Å². The molecule has 1 unspecified atom stereocenters. The average molecular weight is 782 g/mol. The smallest absolute Gasteiger partial charge is 0.0711 e. The van der Waals surface area contributed by atoms with Gasteiger partial charge in [-0.1, -0.05) is 212 Å². The molecule has 3 nitrogen and oxygen atoms in total. The van der Waals surface area contributed by atoms with Crippen LogP contribution in [-0.4, -0.2) is 5.71 Å². The van der Waals surface area contributed by atoms with Crippen molar-refractivity contribution in [3.05, 3.63) is 275 Å². The minimum absolute atomic E-state index is 0.0435. The number of fused-ring (bicyclic) bond motifs is 1. The first kappa shape index (κ1) is 37.3. The van der Waals surface area contributed by atoms with Gasteiger partial charge >= 0.3 is 0 Å². The number of dihydropyridines is 1. The largest absolute Gasteiger partial charge is 0.374 e. The molecule has 0 saturated heterocycles. The van der Waals surface area contributed by atoms with Gasteiger partial charge in [0, 0.05) is 28.1 Å². The van der Waals surface area contributed by atoms with Crippen LogP contribution in [-0.2, 0) is 0 Å². The lowest BCUT2D eigenvalue weighted by Gasteiger charge is -2.28. The third-order valence-corrected chi connectivity index (χ3v) is 11.5. The number of benzene rings is 8. The van der Waals surface area contributed by atoms with Crippen molar-refractivity contribution in [2.45, 2.75) is 6.04 Å². The minimum atomic E-state index is 0.0435. The van der Waals surface area contributed by atoms with Crippen molar-refractivity contribution in [1.29, 1.82) is 5.41 Å². The lowest BCUT2D eigenvalue weighted by atomic mass is 9.84. The summed E-state index contributed by atoms with van der Waals surface area (Å²) in [6.07, 6.45) is 6.84. The average Bonchev–Trinajstić information content (AvgIpc) is 3.35. The molecule has 0 bridgehead atoms. The van der Waals surface area contributed by atoms with Crippen LogP contribution in [0.5, 0.6) is 0 Å². The Bertz CT molecular complexity index is 2980. The molecule has 2 heterocycles. The third kappa shape index (κ3) is 7.69. The van der Waals surface area contributed by atoms with Gasteiger partial charge in [-0.2, -0.15) is 0 Å². The Kier molecular flexibility index (Phi) is 10.2. The Hall–Kier alpha value is -8.01. The van der Waals surface area contributed by atoms with Gasteiger partial charge in [-0.25, -0.2) is 0 Å². The number of rotatable bonds is 9. The summed E-state index contributed by atoms with van der Waals surface area (Å²) in [5, 5.41) is 17.4. The zero-order chi connectivity index (χ0) is 41.0. The van der Waals surface area contributed by atoms with E-state index in [1.54, 1.807) is 0 Å². The molecular formula is C58H43N3. The first-order valence-corrected chi connectivity index (χ1v) is 20.8. The van der Waals surface area contributed by atoms with Crippen molar-refractivity contribution in [2.24, 2.45) is 0 Å². The first-order chi connectivity index (χ1) is 30.2. The van der Waals surface area contributed by atoms with Crippen molar-refractivity contribution >= 4 is 40.0 Å². The number of allylic oxidation sites excluding steroid dienone is 3. The van der Waals surface area contributed by atoms with Gasteiger partial charge < -0.3 is 10.6 Å². The Morgan fingerprint density at radius 3 is 1.64 bits per heavy atom. The second kappa shape index (κ2) is 16.7. The Morgan fingerprint density at radius 1 is 0.426 bits per heavy atom. The summed E-state index contributed by atoms with van der Waals surface area (Å²) in [6.45, 7) is 0. The van der Waals surface area contributed by atoms with Gasteiger partial charge in [-0.3, -0.25) is 5.41 Å². The van der Waals surface area contributed by atoms with Gasteiger partial charge in [-0.15, -0.1) is 0 Å². The lowest BCUT2D eigenvalue weighted by molar-refractivity contribution is 0.767. The monoisotopic (exact) mass is 781 g/mol. The van der Waals surface area contributed by atoms with E-state index >= 15 is 0 Å². The fourth-order valence-corrected chi connectivity index (χ4v) is 8.49. The molecule has 10 rings (SSSR count).